The van der Waals surface area contributed by atoms with Crippen LogP contribution in [0.15, 0.2) is 191 Å². The Labute approximate surface area is 310 Å². The number of furan rings is 2. The molecule has 0 atom stereocenters. The third-order valence-corrected chi connectivity index (χ3v) is 11.4. The van der Waals surface area contributed by atoms with E-state index in [-0.39, 0.29) is 0 Å². The molecule has 2 heterocycles. The van der Waals surface area contributed by atoms with Gasteiger partial charge in [-0.3, -0.25) is 0 Å². The smallest absolute Gasteiger partial charge is 0.136 e. The Morgan fingerprint density at radius 1 is 0.259 bits per heavy atom. The van der Waals surface area contributed by atoms with E-state index in [0.717, 1.165) is 33.1 Å². The highest BCUT2D eigenvalue weighted by molar-refractivity contribution is 6.31. The highest BCUT2D eigenvalue weighted by Gasteiger charge is 2.22. The molecule has 0 spiro atoms. The van der Waals surface area contributed by atoms with Gasteiger partial charge in [0.05, 0.1) is 0 Å². The van der Waals surface area contributed by atoms with Gasteiger partial charge in [-0.1, -0.05) is 146 Å². The molecule has 0 aliphatic rings. The third-order valence-electron chi connectivity index (χ3n) is 11.4. The van der Waals surface area contributed by atoms with Gasteiger partial charge >= 0.3 is 0 Å². The topological polar surface area (TPSA) is 26.3 Å². The van der Waals surface area contributed by atoms with E-state index < -0.39 is 0 Å². The Bertz CT molecular complexity index is 3450. The molecule has 0 saturated carbocycles. The average molecular weight is 687 g/mol. The standard InChI is InChI=1S/C52H30O2/c1-2-15-35-31(12-1)24-27-47-51(35)52-38-18-4-3-16-36(38)44(30-48(52)54-47)50-41-21-7-5-19-39(41)49(40-20-6-8-22-42(40)50)34-14-11-13-32(28-34)33-25-26-46-43(29-33)37-17-9-10-23-45(37)53-46/h1-30H. The Morgan fingerprint density at radius 3 is 1.57 bits per heavy atom. The molecule has 0 bridgehead atoms. The first-order chi connectivity index (χ1) is 26.8. The second kappa shape index (κ2) is 11.2. The number of benzene rings is 10. The van der Waals surface area contributed by atoms with Crippen molar-refractivity contribution in [3.63, 3.8) is 0 Å². The molecular weight excluding hydrogens is 657 g/mol. The summed E-state index contributed by atoms with van der Waals surface area (Å²) in [5, 5.41) is 14.3. The van der Waals surface area contributed by atoms with Gasteiger partial charge in [-0.15, -0.1) is 0 Å². The number of rotatable bonds is 3. The molecule has 0 fully saturated rings. The first-order valence-corrected chi connectivity index (χ1v) is 18.5. The van der Waals surface area contributed by atoms with Crippen LogP contribution in [0.1, 0.15) is 0 Å². The fourth-order valence-electron chi connectivity index (χ4n) is 9.10. The van der Waals surface area contributed by atoms with Crippen molar-refractivity contribution in [3.8, 4) is 33.4 Å². The molecule has 0 amide bonds. The van der Waals surface area contributed by atoms with Crippen LogP contribution in [0, 0.1) is 0 Å². The van der Waals surface area contributed by atoms with Crippen molar-refractivity contribution in [2.45, 2.75) is 0 Å². The molecule has 12 aromatic rings. The monoisotopic (exact) mass is 686 g/mol. The fraction of sp³-hybridized carbons (Fsp3) is 0. The summed E-state index contributed by atoms with van der Waals surface area (Å²) >= 11 is 0. The van der Waals surface area contributed by atoms with Crippen molar-refractivity contribution in [1.29, 1.82) is 0 Å². The van der Waals surface area contributed by atoms with Crippen molar-refractivity contribution in [2.24, 2.45) is 0 Å². The quantitative estimate of drug-likeness (QED) is 0.173. The van der Waals surface area contributed by atoms with E-state index in [9.17, 15) is 0 Å². The van der Waals surface area contributed by atoms with Gasteiger partial charge in [0.1, 0.15) is 22.3 Å². The number of hydrogen-bond acceptors (Lipinski definition) is 2. The van der Waals surface area contributed by atoms with Gasteiger partial charge in [-0.05, 0) is 113 Å². The molecule has 0 aliphatic heterocycles. The van der Waals surface area contributed by atoms with Gasteiger partial charge in [-0.2, -0.15) is 0 Å². The largest absolute Gasteiger partial charge is 0.456 e. The molecule has 0 N–H and O–H groups in total. The maximum Gasteiger partial charge on any atom is 0.136 e. The third kappa shape index (κ3) is 4.17. The van der Waals surface area contributed by atoms with E-state index in [4.69, 9.17) is 8.83 Å². The van der Waals surface area contributed by atoms with Crippen LogP contribution in [0.2, 0.25) is 0 Å². The van der Waals surface area contributed by atoms with Crippen molar-refractivity contribution in [2.75, 3.05) is 0 Å². The maximum atomic E-state index is 6.74. The van der Waals surface area contributed by atoms with Gasteiger partial charge < -0.3 is 8.83 Å². The van der Waals surface area contributed by atoms with Gasteiger partial charge in [0, 0.05) is 21.5 Å². The predicted octanol–water partition coefficient (Wildman–Crippen LogP) is 15.1. The molecule has 0 unspecified atom stereocenters. The van der Waals surface area contributed by atoms with Crippen LogP contribution in [0.5, 0.6) is 0 Å². The Kier molecular flexibility index (Phi) is 6.09. The van der Waals surface area contributed by atoms with Gasteiger partial charge in [0.25, 0.3) is 0 Å². The fourth-order valence-corrected chi connectivity index (χ4v) is 9.10. The lowest BCUT2D eigenvalue weighted by atomic mass is 9.84. The number of para-hydroxylation sites is 1. The Balaban J connectivity index is 1.12. The lowest BCUT2D eigenvalue weighted by Crippen LogP contribution is -1.92. The SMILES string of the molecule is c1cc(-c2ccc3oc4ccccc4c3c2)cc(-c2c3ccccc3c(-c3cc4oc5ccc6ccccc6c5c4c4ccccc34)c3ccccc23)c1. The van der Waals surface area contributed by atoms with Crippen LogP contribution >= 0.6 is 0 Å². The summed E-state index contributed by atoms with van der Waals surface area (Å²) in [6.07, 6.45) is 0. The summed E-state index contributed by atoms with van der Waals surface area (Å²) in [6.45, 7) is 0. The van der Waals surface area contributed by atoms with E-state index in [1.807, 2.05) is 12.1 Å². The van der Waals surface area contributed by atoms with E-state index >= 15 is 0 Å². The van der Waals surface area contributed by atoms with Crippen LogP contribution in [0.4, 0.5) is 0 Å². The molecule has 12 rings (SSSR count). The second-order valence-electron chi connectivity index (χ2n) is 14.3. The zero-order valence-electron chi connectivity index (χ0n) is 29.1. The maximum absolute atomic E-state index is 6.74. The number of hydrogen-bond donors (Lipinski definition) is 0. The van der Waals surface area contributed by atoms with Crippen LogP contribution in [-0.2, 0) is 0 Å². The van der Waals surface area contributed by atoms with Crippen molar-refractivity contribution < 1.29 is 8.83 Å². The first kappa shape index (κ1) is 29.4. The van der Waals surface area contributed by atoms with Crippen LogP contribution in [0.3, 0.4) is 0 Å². The van der Waals surface area contributed by atoms with Crippen LogP contribution in [0.25, 0.3) is 120 Å². The molecule has 0 saturated heterocycles. The molecule has 0 aliphatic carbocycles. The number of fused-ring (bicyclic) bond motifs is 12. The minimum Gasteiger partial charge on any atom is -0.456 e. The summed E-state index contributed by atoms with van der Waals surface area (Å²) < 4.78 is 12.9. The minimum atomic E-state index is 0.905. The van der Waals surface area contributed by atoms with Crippen molar-refractivity contribution in [3.05, 3.63) is 182 Å². The van der Waals surface area contributed by atoms with Crippen LogP contribution in [-0.4, -0.2) is 0 Å². The normalized spacial score (nSPS) is 12.1. The molecule has 2 heteroatoms. The first-order valence-electron chi connectivity index (χ1n) is 18.5. The summed E-state index contributed by atoms with van der Waals surface area (Å²) in [7, 11) is 0. The van der Waals surface area contributed by atoms with Crippen molar-refractivity contribution in [1.82, 2.24) is 0 Å². The summed E-state index contributed by atoms with van der Waals surface area (Å²) in [4.78, 5) is 0. The van der Waals surface area contributed by atoms with Crippen LogP contribution < -0.4 is 0 Å². The second-order valence-corrected chi connectivity index (χ2v) is 14.3. The predicted molar refractivity (Wildman–Crippen MR) is 227 cm³/mol. The molecule has 2 aromatic heterocycles. The Hall–Kier alpha value is -7.16. The van der Waals surface area contributed by atoms with E-state index in [2.05, 4.69) is 170 Å². The van der Waals surface area contributed by atoms with Gasteiger partial charge in [0.2, 0.25) is 0 Å². The van der Waals surface area contributed by atoms with Crippen molar-refractivity contribution >= 4 is 87.0 Å². The zero-order chi connectivity index (χ0) is 35.3. The Morgan fingerprint density at radius 2 is 0.796 bits per heavy atom. The van der Waals surface area contributed by atoms with Gasteiger partial charge in [0.15, 0.2) is 0 Å². The summed E-state index contributed by atoms with van der Waals surface area (Å²) in [6, 6.07) is 65.6. The lowest BCUT2D eigenvalue weighted by molar-refractivity contribution is 0.669. The van der Waals surface area contributed by atoms with E-state index in [1.54, 1.807) is 0 Å². The molecule has 250 valence electrons. The highest BCUT2D eigenvalue weighted by Crippen LogP contribution is 2.48. The molecular formula is C52H30O2. The van der Waals surface area contributed by atoms with E-state index in [1.165, 1.54) is 87.2 Å². The summed E-state index contributed by atoms with van der Waals surface area (Å²) in [5.74, 6) is 0. The average Bonchev–Trinajstić information content (AvgIpc) is 3.81. The molecule has 0 radical (unpaired) electrons. The lowest BCUT2D eigenvalue weighted by Gasteiger charge is -2.19. The molecule has 10 aromatic carbocycles. The summed E-state index contributed by atoms with van der Waals surface area (Å²) in [5.41, 5.74) is 10.8. The minimum absolute atomic E-state index is 0.905. The van der Waals surface area contributed by atoms with Gasteiger partial charge in [-0.25, -0.2) is 0 Å². The van der Waals surface area contributed by atoms with E-state index in [0.29, 0.717) is 0 Å². The highest BCUT2D eigenvalue weighted by atomic mass is 16.3. The zero-order valence-corrected chi connectivity index (χ0v) is 29.1. The molecule has 2 nitrogen and oxygen atoms in total. The molecule has 54 heavy (non-hydrogen) atoms.